The highest BCUT2D eigenvalue weighted by Gasteiger charge is 2.52. The van der Waals surface area contributed by atoms with E-state index in [9.17, 15) is 9.59 Å². The number of carbonyl (C=O) groups is 2. The molecule has 1 saturated heterocycles. The van der Waals surface area contributed by atoms with Crippen LogP contribution in [0.2, 0.25) is 5.02 Å². The molecule has 0 bridgehead atoms. The Balaban J connectivity index is 1.82. The third-order valence-corrected chi connectivity index (χ3v) is 4.04. The maximum Gasteiger partial charge on any atom is 0.325 e. The smallest absolute Gasteiger partial charge is 0.323 e. The van der Waals surface area contributed by atoms with Gasteiger partial charge in [-0.1, -0.05) is 24.4 Å². The van der Waals surface area contributed by atoms with Gasteiger partial charge >= 0.3 is 6.03 Å². The second kappa shape index (κ2) is 4.49. The number of carbonyl (C=O) groups excluding carboxylic acids is 2. The lowest BCUT2D eigenvalue weighted by atomic mass is 9.98. The molecule has 1 N–H and O–H groups in total. The average molecular weight is 280 g/mol. The summed E-state index contributed by atoms with van der Waals surface area (Å²) in [7, 11) is 0. The van der Waals surface area contributed by atoms with Crippen LogP contribution < -0.4 is 5.32 Å². The van der Waals surface area contributed by atoms with Crippen molar-refractivity contribution in [3.8, 4) is 0 Å². The van der Waals surface area contributed by atoms with Crippen molar-refractivity contribution in [3.05, 3.63) is 29.0 Å². The van der Waals surface area contributed by atoms with Crippen LogP contribution in [-0.4, -0.2) is 27.4 Å². The molecule has 0 atom stereocenters. The Labute approximate surface area is 115 Å². The summed E-state index contributed by atoms with van der Waals surface area (Å²) in [6.45, 7) is 0.174. The van der Waals surface area contributed by atoms with E-state index in [0.717, 1.165) is 25.7 Å². The second-order valence-corrected chi connectivity index (χ2v) is 5.51. The number of nitrogens with zero attached hydrogens (tertiary/aromatic N) is 2. The number of nitrogens with one attached hydrogen (secondary N) is 1. The van der Waals surface area contributed by atoms with Crippen LogP contribution in [-0.2, 0) is 11.3 Å². The number of hydrogen-bond acceptors (Lipinski definition) is 3. The minimum absolute atomic E-state index is 0.128. The highest BCUT2D eigenvalue weighted by atomic mass is 35.5. The van der Waals surface area contributed by atoms with Gasteiger partial charge in [0.1, 0.15) is 5.54 Å². The van der Waals surface area contributed by atoms with Crippen LogP contribution in [0.3, 0.4) is 0 Å². The maximum atomic E-state index is 12.4. The molecule has 1 aromatic heterocycles. The first-order valence-electron chi connectivity index (χ1n) is 6.35. The first-order valence-corrected chi connectivity index (χ1v) is 6.73. The number of amides is 3. The summed E-state index contributed by atoms with van der Waals surface area (Å²) in [4.78, 5) is 29.7. The van der Waals surface area contributed by atoms with Gasteiger partial charge in [-0.05, 0) is 25.0 Å². The fourth-order valence-corrected chi connectivity index (χ4v) is 3.02. The first kappa shape index (κ1) is 12.4. The maximum absolute atomic E-state index is 12.4. The molecule has 1 spiro atoms. The summed E-state index contributed by atoms with van der Waals surface area (Å²) in [5.41, 5.74) is -0.0404. The molecule has 0 radical (unpaired) electrons. The molecule has 6 heteroatoms. The van der Waals surface area contributed by atoms with E-state index in [-0.39, 0.29) is 18.5 Å². The average Bonchev–Trinajstić information content (AvgIpc) is 2.92. The molecule has 1 aromatic rings. The van der Waals surface area contributed by atoms with Gasteiger partial charge < -0.3 is 5.32 Å². The Kier molecular flexibility index (Phi) is 2.93. The minimum atomic E-state index is -0.657. The highest BCUT2D eigenvalue weighted by molar-refractivity contribution is 6.30. The van der Waals surface area contributed by atoms with E-state index in [1.807, 2.05) is 0 Å². The Morgan fingerprint density at radius 1 is 1.37 bits per heavy atom. The van der Waals surface area contributed by atoms with Crippen molar-refractivity contribution in [1.82, 2.24) is 15.2 Å². The van der Waals surface area contributed by atoms with Gasteiger partial charge in [0.25, 0.3) is 5.91 Å². The predicted molar refractivity (Wildman–Crippen MR) is 69.5 cm³/mol. The third kappa shape index (κ3) is 2.08. The number of urea groups is 1. The highest BCUT2D eigenvalue weighted by Crippen LogP contribution is 2.35. The second-order valence-electron chi connectivity index (χ2n) is 5.08. The van der Waals surface area contributed by atoms with Crippen molar-refractivity contribution >= 4 is 23.5 Å². The van der Waals surface area contributed by atoms with Crippen molar-refractivity contribution in [2.45, 2.75) is 37.8 Å². The predicted octanol–water partition coefficient (Wildman–Crippen LogP) is 2.10. The zero-order chi connectivity index (χ0) is 13.5. The molecule has 0 aromatic carbocycles. The fourth-order valence-electron chi connectivity index (χ4n) is 2.83. The Morgan fingerprint density at radius 3 is 2.79 bits per heavy atom. The van der Waals surface area contributed by atoms with E-state index in [1.54, 1.807) is 18.3 Å². The van der Waals surface area contributed by atoms with Crippen molar-refractivity contribution in [1.29, 1.82) is 0 Å². The lowest BCUT2D eigenvalue weighted by Gasteiger charge is -2.19. The summed E-state index contributed by atoms with van der Waals surface area (Å²) in [6.07, 6.45) is 5.00. The van der Waals surface area contributed by atoms with E-state index in [4.69, 9.17) is 11.6 Å². The lowest BCUT2D eigenvalue weighted by Crippen LogP contribution is -2.44. The number of halogens is 1. The number of hydrogen-bond donors (Lipinski definition) is 1. The Bertz CT molecular complexity index is 540. The van der Waals surface area contributed by atoms with Gasteiger partial charge in [-0.15, -0.1) is 0 Å². The molecule has 3 rings (SSSR count). The van der Waals surface area contributed by atoms with Crippen molar-refractivity contribution in [3.63, 3.8) is 0 Å². The quantitative estimate of drug-likeness (QED) is 0.843. The van der Waals surface area contributed by atoms with Crippen LogP contribution in [0.4, 0.5) is 4.79 Å². The van der Waals surface area contributed by atoms with Gasteiger partial charge in [-0.3, -0.25) is 14.7 Å². The largest absolute Gasteiger partial charge is 0.325 e. The topological polar surface area (TPSA) is 62.3 Å². The van der Waals surface area contributed by atoms with Crippen LogP contribution in [0.5, 0.6) is 0 Å². The minimum Gasteiger partial charge on any atom is -0.323 e. The van der Waals surface area contributed by atoms with Gasteiger partial charge in [-0.25, -0.2) is 4.79 Å². The Morgan fingerprint density at radius 2 is 2.11 bits per heavy atom. The molecular weight excluding hydrogens is 266 g/mol. The zero-order valence-electron chi connectivity index (χ0n) is 10.4. The van der Waals surface area contributed by atoms with Gasteiger partial charge in [0.15, 0.2) is 0 Å². The number of aromatic nitrogens is 1. The lowest BCUT2D eigenvalue weighted by molar-refractivity contribution is -0.131. The fraction of sp³-hybridized carbons (Fsp3) is 0.462. The molecule has 2 aliphatic rings. The standard InChI is InChI=1S/C13H14ClN3O2/c14-9-3-6-15-10(7-9)8-17-11(18)13(16-12(17)19)4-1-2-5-13/h3,6-7H,1-2,4-5,8H2,(H,16,19). The summed E-state index contributed by atoms with van der Waals surface area (Å²) < 4.78 is 0. The molecule has 2 fully saturated rings. The van der Waals surface area contributed by atoms with Gasteiger partial charge in [0.2, 0.25) is 0 Å². The van der Waals surface area contributed by atoms with E-state index >= 15 is 0 Å². The summed E-state index contributed by atoms with van der Waals surface area (Å²) >= 11 is 5.88. The van der Waals surface area contributed by atoms with Crippen molar-refractivity contribution in [2.75, 3.05) is 0 Å². The summed E-state index contributed by atoms with van der Waals surface area (Å²) in [5.74, 6) is -0.128. The SMILES string of the molecule is O=C1NC2(CCCC2)C(=O)N1Cc1cc(Cl)ccn1. The molecule has 0 unspecified atom stereocenters. The molecule has 100 valence electrons. The third-order valence-electron chi connectivity index (χ3n) is 3.80. The van der Waals surface area contributed by atoms with Gasteiger partial charge in [0.05, 0.1) is 12.2 Å². The Hall–Kier alpha value is -1.62. The van der Waals surface area contributed by atoms with Crippen LogP contribution in [0, 0.1) is 0 Å². The molecular formula is C13H14ClN3O2. The van der Waals surface area contributed by atoms with E-state index in [2.05, 4.69) is 10.3 Å². The van der Waals surface area contributed by atoms with E-state index in [0.29, 0.717) is 10.7 Å². The van der Waals surface area contributed by atoms with Gasteiger partial charge in [0, 0.05) is 11.2 Å². The molecule has 1 aliphatic heterocycles. The molecule has 3 amide bonds. The zero-order valence-corrected chi connectivity index (χ0v) is 11.1. The van der Waals surface area contributed by atoms with Crippen LogP contribution in [0.25, 0.3) is 0 Å². The van der Waals surface area contributed by atoms with Crippen molar-refractivity contribution < 1.29 is 9.59 Å². The number of rotatable bonds is 2. The van der Waals surface area contributed by atoms with E-state index in [1.165, 1.54) is 4.90 Å². The summed E-state index contributed by atoms with van der Waals surface area (Å²) in [5, 5.41) is 3.39. The number of pyridine rings is 1. The molecule has 2 heterocycles. The van der Waals surface area contributed by atoms with Crippen LogP contribution >= 0.6 is 11.6 Å². The van der Waals surface area contributed by atoms with Gasteiger partial charge in [-0.2, -0.15) is 0 Å². The summed E-state index contributed by atoms with van der Waals surface area (Å²) in [6, 6.07) is 3.01. The van der Waals surface area contributed by atoms with Crippen LogP contribution in [0.15, 0.2) is 18.3 Å². The number of imide groups is 1. The van der Waals surface area contributed by atoms with Crippen LogP contribution in [0.1, 0.15) is 31.4 Å². The van der Waals surface area contributed by atoms with Crippen molar-refractivity contribution in [2.24, 2.45) is 0 Å². The molecule has 1 aliphatic carbocycles. The normalized spacial score (nSPS) is 21.2. The first-order chi connectivity index (χ1) is 9.11. The molecule has 5 nitrogen and oxygen atoms in total. The van der Waals surface area contributed by atoms with E-state index < -0.39 is 5.54 Å². The molecule has 19 heavy (non-hydrogen) atoms. The monoisotopic (exact) mass is 279 g/mol. The molecule has 1 saturated carbocycles.